The Balaban J connectivity index is 2.08. The van der Waals surface area contributed by atoms with Crippen LogP contribution in [0.25, 0.3) is 10.3 Å². The van der Waals surface area contributed by atoms with Gasteiger partial charge in [-0.15, -0.1) is 22.9 Å². The van der Waals surface area contributed by atoms with Crippen molar-refractivity contribution < 1.29 is 4.74 Å². The second-order valence-electron chi connectivity index (χ2n) is 6.19. The number of hydrogen-bond donors (Lipinski definition) is 0. The highest BCUT2D eigenvalue weighted by molar-refractivity contribution is 7.18. The molecule has 0 atom stereocenters. The molecule has 0 fully saturated rings. The maximum absolute atomic E-state index is 5.99. The first-order valence-corrected chi connectivity index (χ1v) is 12.1. The van der Waals surface area contributed by atoms with Crippen molar-refractivity contribution >= 4 is 41.4 Å². The van der Waals surface area contributed by atoms with E-state index < -0.39 is 8.07 Å². The van der Waals surface area contributed by atoms with Gasteiger partial charge in [-0.3, -0.25) is 0 Å². The molecule has 0 aromatic carbocycles. The first kappa shape index (κ1) is 16.0. The molecule has 20 heavy (non-hydrogen) atoms. The topological polar surface area (TPSA) is 27.1 Å². The highest BCUT2D eigenvalue weighted by atomic mass is 35.5. The Morgan fingerprint density at radius 3 is 2.75 bits per heavy atom. The number of aromatic nitrogens is 2. The Morgan fingerprint density at radius 1 is 1.40 bits per heavy atom. The average Bonchev–Trinajstić information content (AvgIpc) is 2.90. The van der Waals surface area contributed by atoms with E-state index in [1.165, 1.54) is 10.9 Å². The Hall–Kier alpha value is -0.363. The first-order chi connectivity index (χ1) is 9.44. The fourth-order valence-corrected chi connectivity index (χ4v) is 3.91. The van der Waals surface area contributed by atoms with E-state index >= 15 is 0 Å². The summed E-state index contributed by atoms with van der Waals surface area (Å²) in [5.41, 5.74) is 1.16. The van der Waals surface area contributed by atoms with Crippen LogP contribution in [0.2, 0.25) is 25.7 Å². The number of ether oxygens (including phenoxy) is 1. The van der Waals surface area contributed by atoms with Crippen LogP contribution in [0.5, 0.6) is 0 Å². The number of nitrogens with zero attached hydrogens (tertiary/aromatic N) is 2. The van der Waals surface area contributed by atoms with Crippen molar-refractivity contribution in [2.75, 3.05) is 6.61 Å². The van der Waals surface area contributed by atoms with Crippen LogP contribution in [-0.2, 0) is 23.8 Å². The molecule has 0 saturated carbocycles. The van der Waals surface area contributed by atoms with Crippen LogP contribution in [-0.4, -0.2) is 24.2 Å². The Bertz CT molecular complexity index is 573. The molecule has 2 rings (SSSR count). The molecule has 112 valence electrons. The molecule has 2 aromatic rings. The van der Waals surface area contributed by atoms with E-state index in [1.54, 1.807) is 11.3 Å². The van der Waals surface area contributed by atoms with Gasteiger partial charge in [-0.05, 0) is 18.5 Å². The Kier molecular flexibility index (Phi) is 5.29. The molecule has 6 heteroatoms. The van der Waals surface area contributed by atoms with E-state index in [0.29, 0.717) is 12.6 Å². The zero-order chi connectivity index (χ0) is 14.8. The number of alkyl halides is 1. The van der Waals surface area contributed by atoms with Gasteiger partial charge in [0, 0.05) is 19.6 Å². The number of rotatable bonds is 7. The normalized spacial score (nSPS) is 12.4. The predicted molar refractivity (Wildman–Crippen MR) is 90.7 cm³/mol. The molecular formula is C14H23ClN2OSSi. The van der Waals surface area contributed by atoms with Crippen LogP contribution in [0.15, 0.2) is 6.07 Å². The molecule has 0 amide bonds. The van der Waals surface area contributed by atoms with Gasteiger partial charge in [0.15, 0.2) is 0 Å². The molecule has 0 radical (unpaired) electrons. The van der Waals surface area contributed by atoms with Gasteiger partial charge >= 0.3 is 0 Å². The van der Waals surface area contributed by atoms with Gasteiger partial charge in [-0.25, -0.2) is 4.98 Å². The van der Waals surface area contributed by atoms with Crippen molar-refractivity contribution in [3.8, 4) is 0 Å². The average molecular weight is 331 g/mol. The molecule has 2 heterocycles. The smallest absolute Gasteiger partial charge is 0.142 e. The van der Waals surface area contributed by atoms with Gasteiger partial charge in [-0.2, -0.15) is 0 Å². The molecule has 0 aliphatic rings. The summed E-state index contributed by atoms with van der Waals surface area (Å²) < 4.78 is 7.96. The fraction of sp³-hybridized carbons (Fsp3) is 0.643. The molecule has 0 aliphatic heterocycles. The zero-order valence-electron chi connectivity index (χ0n) is 12.7. The summed E-state index contributed by atoms with van der Waals surface area (Å²) in [7, 11) is -1.03. The third-order valence-corrected chi connectivity index (χ3v) is 6.37. The van der Waals surface area contributed by atoms with Gasteiger partial charge < -0.3 is 9.30 Å². The molecule has 0 spiro atoms. The minimum Gasteiger partial charge on any atom is -0.361 e. The van der Waals surface area contributed by atoms with Gasteiger partial charge in [0.2, 0.25) is 0 Å². The highest BCUT2D eigenvalue weighted by Gasteiger charge is 2.15. The quantitative estimate of drug-likeness (QED) is 0.417. The van der Waals surface area contributed by atoms with E-state index in [1.807, 2.05) is 0 Å². The summed E-state index contributed by atoms with van der Waals surface area (Å²) >= 11 is 7.74. The summed E-state index contributed by atoms with van der Waals surface area (Å²) in [6, 6.07) is 3.40. The van der Waals surface area contributed by atoms with Crippen molar-refractivity contribution in [3.05, 3.63) is 16.8 Å². The lowest BCUT2D eigenvalue weighted by atomic mass is 10.4. The largest absolute Gasteiger partial charge is 0.361 e. The van der Waals surface area contributed by atoms with Crippen LogP contribution >= 0.6 is 22.9 Å². The lowest BCUT2D eigenvalue weighted by molar-refractivity contribution is 0.0883. The molecule has 2 aromatic heterocycles. The van der Waals surface area contributed by atoms with Crippen molar-refractivity contribution in [1.29, 1.82) is 0 Å². The van der Waals surface area contributed by atoms with Crippen molar-refractivity contribution in [2.24, 2.45) is 0 Å². The van der Waals surface area contributed by atoms with Crippen LogP contribution in [0, 0.1) is 0 Å². The van der Waals surface area contributed by atoms with E-state index in [2.05, 4.69) is 42.2 Å². The third-order valence-electron chi connectivity index (χ3n) is 3.26. The summed E-state index contributed by atoms with van der Waals surface area (Å²) in [6.07, 6.45) is 1.05. The number of aryl methyl sites for hydroxylation is 1. The zero-order valence-corrected chi connectivity index (χ0v) is 15.3. The van der Waals surface area contributed by atoms with E-state index in [-0.39, 0.29) is 0 Å². The molecule has 0 bridgehead atoms. The van der Waals surface area contributed by atoms with Crippen molar-refractivity contribution in [2.45, 2.75) is 51.6 Å². The Labute approximate surface area is 130 Å². The number of halogens is 1. The molecule has 0 N–H and O–H groups in total. The summed E-state index contributed by atoms with van der Waals surface area (Å²) in [5, 5.41) is 0. The lowest BCUT2D eigenvalue weighted by Crippen LogP contribution is -2.22. The van der Waals surface area contributed by atoms with Gasteiger partial charge in [0.05, 0.1) is 11.4 Å². The van der Waals surface area contributed by atoms with Crippen molar-refractivity contribution in [1.82, 2.24) is 9.55 Å². The molecule has 0 saturated heterocycles. The van der Waals surface area contributed by atoms with Crippen LogP contribution in [0.4, 0.5) is 0 Å². The van der Waals surface area contributed by atoms with Gasteiger partial charge in [0.1, 0.15) is 17.4 Å². The first-order valence-electron chi connectivity index (χ1n) is 7.06. The summed E-state index contributed by atoms with van der Waals surface area (Å²) in [4.78, 5) is 7.04. The number of imidazole rings is 1. The van der Waals surface area contributed by atoms with E-state index in [9.17, 15) is 0 Å². The molecular weight excluding hydrogens is 308 g/mol. The maximum atomic E-state index is 5.99. The van der Waals surface area contributed by atoms with Gasteiger partial charge in [0.25, 0.3) is 0 Å². The maximum Gasteiger partial charge on any atom is 0.142 e. The van der Waals surface area contributed by atoms with Crippen LogP contribution < -0.4 is 0 Å². The highest BCUT2D eigenvalue weighted by Crippen LogP contribution is 2.27. The second kappa shape index (κ2) is 6.60. The van der Waals surface area contributed by atoms with Crippen molar-refractivity contribution in [3.63, 3.8) is 0 Å². The Morgan fingerprint density at radius 2 is 2.15 bits per heavy atom. The molecule has 0 aliphatic carbocycles. The number of fused-ring (bicyclic) bond motifs is 1. The monoisotopic (exact) mass is 330 g/mol. The predicted octanol–water partition coefficient (Wildman–Crippen LogP) is 4.71. The van der Waals surface area contributed by atoms with Crippen LogP contribution in [0.1, 0.15) is 17.6 Å². The minimum absolute atomic E-state index is 0.431. The molecule has 0 unspecified atom stereocenters. The molecule has 3 nitrogen and oxygen atoms in total. The third kappa shape index (κ3) is 3.84. The number of hydrogen-bond acceptors (Lipinski definition) is 3. The SMILES string of the molecule is CCc1cc2c(nc(CCl)n2COCC[Si](C)(C)C)s1. The van der Waals surface area contributed by atoms with Gasteiger partial charge in [-0.1, -0.05) is 26.6 Å². The summed E-state index contributed by atoms with van der Waals surface area (Å²) in [6.45, 7) is 10.6. The second-order valence-corrected chi connectivity index (χ2v) is 13.2. The lowest BCUT2D eigenvalue weighted by Gasteiger charge is -2.16. The fourth-order valence-electron chi connectivity index (χ4n) is 1.96. The number of thiophene rings is 1. The minimum atomic E-state index is -1.03. The summed E-state index contributed by atoms with van der Waals surface area (Å²) in [5.74, 6) is 1.34. The van der Waals surface area contributed by atoms with E-state index in [0.717, 1.165) is 29.2 Å². The standard InChI is InChI=1S/C14H23ClN2OSSi/c1-5-11-8-12-14(19-11)16-13(9-15)17(12)10-18-6-7-20(2,3)4/h8H,5-7,9-10H2,1-4H3. The van der Waals surface area contributed by atoms with E-state index in [4.69, 9.17) is 16.3 Å². The van der Waals surface area contributed by atoms with Crippen LogP contribution in [0.3, 0.4) is 0 Å².